The van der Waals surface area contributed by atoms with Gasteiger partial charge in [0.25, 0.3) is 5.56 Å². The van der Waals surface area contributed by atoms with Crippen molar-refractivity contribution in [1.29, 1.82) is 0 Å². The highest BCUT2D eigenvalue weighted by atomic mass is 35.5. The van der Waals surface area contributed by atoms with Crippen LogP contribution in [0.1, 0.15) is 5.56 Å². The normalized spacial score (nSPS) is 10.7. The number of fused-ring (bicyclic) bond motifs is 1. The number of nitrogens with zero attached hydrogens (tertiary/aromatic N) is 1. The second-order valence-corrected chi connectivity index (χ2v) is 5.68. The van der Waals surface area contributed by atoms with E-state index in [1.807, 2.05) is 36.4 Å². The molecule has 0 fully saturated rings. The first kappa shape index (κ1) is 15.3. The van der Waals surface area contributed by atoms with Gasteiger partial charge in [0.05, 0.1) is 0 Å². The van der Waals surface area contributed by atoms with Gasteiger partial charge in [-0.1, -0.05) is 41.9 Å². The van der Waals surface area contributed by atoms with E-state index in [4.69, 9.17) is 11.6 Å². The molecule has 3 rings (SSSR count). The maximum atomic E-state index is 12.3. The molecule has 2 aromatic carbocycles. The smallest absolute Gasteiger partial charge is 0.258 e. The molecular weight excluding hydrogens is 312 g/mol. The van der Waals surface area contributed by atoms with Crippen molar-refractivity contribution in [2.75, 3.05) is 0 Å². The van der Waals surface area contributed by atoms with Gasteiger partial charge in [0.2, 0.25) is 5.91 Å². The monoisotopic (exact) mass is 326 g/mol. The van der Waals surface area contributed by atoms with Crippen molar-refractivity contribution in [1.82, 2.24) is 9.88 Å². The molecule has 5 heteroatoms. The molecule has 0 saturated carbocycles. The van der Waals surface area contributed by atoms with Gasteiger partial charge in [-0.2, -0.15) is 0 Å². The van der Waals surface area contributed by atoms with Crippen LogP contribution < -0.4 is 10.9 Å². The molecule has 0 unspecified atom stereocenters. The predicted octanol–water partition coefficient (Wildman–Crippen LogP) is 2.97. The summed E-state index contributed by atoms with van der Waals surface area (Å²) in [5.74, 6) is -0.211. The zero-order chi connectivity index (χ0) is 16.2. The van der Waals surface area contributed by atoms with Gasteiger partial charge in [-0.05, 0) is 35.2 Å². The molecule has 0 aliphatic rings. The standard InChI is InChI=1S/C18H15ClN2O2/c19-15-7-5-13(6-8-15)11-20-17(22)12-21-10-9-14-3-1-2-4-16(14)18(21)23/h1-10H,11-12H2,(H,20,22). The van der Waals surface area contributed by atoms with E-state index in [0.29, 0.717) is 17.0 Å². The lowest BCUT2D eigenvalue weighted by Gasteiger charge is -2.08. The van der Waals surface area contributed by atoms with Crippen LogP contribution in [0.5, 0.6) is 0 Å². The van der Waals surface area contributed by atoms with Gasteiger partial charge in [0.15, 0.2) is 0 Å². The third-order valence-electron chi connectivity index (χ3n) is 3.60. The lowest BCUT2D eigenvalue weighted by atomic mass is 10.2. The van der Waals surface area contributed by atoms with E-state index in [-0.39, 0.29) is 18.0 Å². The maximum absolute atomic E-state index is 12.3. The first-order chi connectivity index (χ1) is 11.1. The Morgan fingerprint density at radius 2 is 1.78 bits per heavy atom. The van der Waals surface area contributed by atoms with Gasteiger partial charge < -0.3 is 9.88 Å². The van der Waals surface area contributed by atoms with Crippen molar-refractivity contribution < 1.29 is 4.79 Å². The number of carbonyl (C=O) groups is 1. The highest BCUT2D eigenvalue weighted by Crippen LogP contribution is 2.09. The number of halogens is 1. The molecule has 0 radical (unpaired) electrons. The number of pyridine rings is 1. The van der Waals surface area contributed by atoms with Crippen LogP contribution in [-0.4, -0.2) is 10.5 Å². The highest BCUT2D eigenvalue weighted by Gasteiger charge is 2.07. The Hall–Kier alpha value is -2.59. The Balaban J connectivity index is 1.69. The molecule has 116 valence electrons. The van der Waals surface area contributed by atoms with Crippen molar-refractivity contribution in [3.8, 4) is 0 Å². The van der Waals surface area contributed by atoms with Crippen LogP contribution in [0, 0.1) is 0 Å². The van der Waals surface area contributed by atoms with Crippen molar-refractivity contribution in [3.05, 3.63) is 81.7 Å². The molecule has 0 spiro atoms. The summed E-state index contributed by atoms with van der Waals surface area (Å²) < 4.78 is 1.42. The summed E-state index contributed by atoms with van der Waals surface area (Å²) in [6.45, 7) is 0.398. The Kier molecular flexibility index (Phi) is 4.44. The summed E-state index contributed by atoms with van der Waals surface area (Å²) in [4.78, 5) is 24.4. The van der Waals surface area contributed by atoms with E-state index in [0.717, 1.165) is 10.9 Å². The van der Waals surface area contributed by atoms with E-state index in [1.54, 1.807) is 24.4 Å². The molecular formula is C18H15ClN2O2. The summed E-state index contributed by atoms with van der Waals surface area (Å²) in [5, 5.41) is 4.94. The van der Waals surface area contributed by atoms with Gasteiger partial charge in [0.1, 0.15) is 6.54 Å². The minimum absolute atomic E-state index is 0.00272. The number of nitrogens with one attached hydrogen (secondary N) is 1. The number of hydrogen-bond acceptors (Lipinski definition) is 2. The van der Waals surface area contributed by atoms with Crippen LogP contribution in [0.25, 0.3) is 10.8 Å². The second kappa shape index (κ2) is 6.67. The zero-order valence-corrected chi connectivity index (χ0v) is 13.1. The first-order valence-corrected chi connectivity index (χ1v) is 7.60. The fourth-order valence-electron chi connectivity index (χ4n) is 2.37. The van der Waals surface area contributed by atoms with Gasteiger partial charge >= 0.3 is 0 Å². The van der Waals surface area contributed by atoms with Crippen molar-refractivity contribution in [2.45, 2.75) is 13.1 Å². The number of amides is 1. The Morgan fingerprint density at radius 3 is 2.57 bits per heavy atom. The largest absolute Gasteiger partial charge is 0.350 e. The van der Waals surface area contributed by atoms with Crippen LogP contribution in [0.3, 0.4) is 0 Å². The number of rotatable bonds is 4. The molecule has 1 N–H and O–H groups in total. The third-order valence-corrected chi connectivity index (χ3v) is 3.85. The van der Waals surface area contributed by atoms with Gasteiger partial charge in [-0.15, -0.1) is 0 Å². The summed E-state index contributed by atoms with van der Waals surface area (Å²) in [6, 6.07) is 16.4. The number of hydrogen-bond donors (Lipinski definition) is 1. The fourth-order valence-corrected chi connectivity index (χ4v) is 2.49. The molecule has 0 aliphatic heterocycles. The number of carbonyl (C=O) groups excluding carboxylic acids is 1. The molecule has 0 atom stereocenters. The second-order valence-electron chi connectivity index (χ2n) is 5.24. The zero-order valence-electron chi connectivity index (χ0n) is 12.3. The van der Waals surface area contributed by atoms with E-state index in [2.05, 4.69) is 5.32 Å². The number of aromatic nitrogens is 1. The van der Waals surface area contributed by atoms with Crippen molar-refractivity contribution in [2.24, 2.45) is 0 Å². The molecule has 1 amide bonds. The summed E-state index contributed by atoms with van der Waals surface area (Å²) in [6.07, 6.45) is 1.65. The van der Waals surface area contributed by atoms with E-state index >= 15 is 0 Å². The molecule has 0 aliphatic carbocycles. The lowest BCUT2D eigenvalue weighted by molar-refractivity contribution is -0.121. The minimum Gasteiger partial charge on any atom is -0.350 e. The van der Waals surface area contributed by atoms with Gasteiger partial charge in [0, 0.05) is 23.2 Å². The Bertz CT molecular complexity index is 901. The Labute approximate surface area is 138 Å². The average Bonchev–Trinajstić information content (AvgIpc) is 2.57. The van der Waals surface area contributed by atoms with E-state index in [1.165, 1.54) is 4.57 Å². The quantitative estimate of drug-likeness (QED) is 0.801. The van der Waals surface area contributed by atoms with Crippen LogP contribution >= 0.6 is 11.6 Å². The first-order valence-electron chi connectivity index (χ1n) is 7.23. The maximum Gasteiger partial charge on any atom is 0.258 e. The topological polar surface area (TPSA) is 51.1 Å². The van der Waals surface area contributed by atoms with Crippen LogP contribution in [0.15, 0.2) is 65.6 Å². The van der Waals surface area contributed by atoms with Gasteiger partial charge in [-0.3, -0.25) is 9.59 Å². The predicted molar refractivity (Wildman–Crippen MR) is 91.5 cm³/mol. The van der Waals surface area contributed by atoms with Crippen molar-refractivity contribution in [3.63, 3.8) is 0 Å². The molecule has 1 aromatic heterocycles. The van der Waals surface area contributed by atoms with E-state index in [9.17, 15) is 9.59 Å². The lowest BCUT2D eigenvalue weighted by Crippen LogP contribution is -2.31. The summed E-state index contributed by atoms with van der Waals surface area (Å²) in [7, 11) is 0. The van der Waals surface area contributed by atoms with Gasteiger partial charge in [-0.25, -0.2) is 0 Å². The number of benzene rings is 2. The SMILES string of the molecule is O=C(Cn1ccc2ccccc2c1=O)NCc1ccc(Cl)cc1. The molecule has 23 heavy (non-hydrogen) atoms. The van der Waals surface area contributed by atoms with Crippen LogP contribution in [0.2, 0.25) is 5.02 Å². The molecule has 1 heterocycles. The molecule has 0 bridgehead atoms. The Morgan fingerprint density at radius 1 is 1.04 bits per heavy atom. The minimum atomic E-state index is -0.211. The summed E-state index contributed by atoms with van der Waals surface area (Å²) >= 11 is 5.82. The molecule has 4 nitrogen and oxygen atoms in total. The molecule has 3 aromatic rings. The molecule has 0 saturated heterocycles. The average molecular weight is 327 g/mol. The highest BCUT2D eigenvalue weighted by molar-refractivity contribution is 6.30. The van der Waals surface area contributed by atoms with Crippen LogP contribution in [-0.2, 0) is 17.9 Å². The van der Waals surface area contributed by atoms with Crippen molar-refractivity contribution >= 4 is 28.3 Å². The van der Waals surface area contributed by atoms with Crippen LogP contribution in [0.4, 0.5) is 0 Å². The fraction of sp³-hybridized carbons (Fsp3) is 0.111. The van der Waals surface area contributed by atoms with E-state index < -0.39 is 0 Å². The third kappa shape index (κ3) is 3.60. The summed E-state index contributed by atoms with van der Waals surface area (Å²) in [5.41, 5.74) is 0.790.